The fourth-order valence-electron chi connectivity index (χ4n) is 1.69. The van der Waals surface area contributed by atoms with E-state index in [2.05, 4.69) is 0 Å². The van der Waals surface area contributed by atoms with Crippen molar-refractivity contribution in [2.24, 2.45) is 0 Å². The van der Waals surface area contributed by atoms with Gasteiger partial charge in [-0.25, -0.2) is 0 Å². The number of hydrogen-bond acceptors (Lipinski definition) is 5. The zero-order valence-electron chi connectivity index (χ0n) is 10.4. The standard InChI is InChI=1S/C13H7ClN2O5/c14-12-6-5-10(16(20)21)7-11(12)13(17)8-1-3-9(4-2-8)15(18)19/h1-7H. The van der Waals surface area contributed by atoms with Gasteiger partial charge in [-0.1, -0.05) is 11.6 Å². The minimum Gasteiger partial charge on any atom is -0.289 e. The van der Waals surface area contributed by atoms with Crippen molar-refractivity contribution in [3.63, 3.8) is 0 Å². The predicted octanol–water partition coefficient (Wildman–Crippen LogP) is 3.39. The van der Waals surface area contributed by atoms with Gasteiger partial charge in [0, 0.05) is 35.4 Å². The van der Waals surface area contributed by atoms with Crippen LogP contribution < -0.4 is 0 Å². The Morgan fingerprint density at radius 1 is 0.905 bits per heavy atom. The van der Waals surface area contributed by atoms with Gasteiger partial charge in [-0.05, 0) is 18.2 Å². The van der Waals surface area contributed by atoms with E-state index in [1.54, 1.807) is 0 Å². The Bertz CT molecular complexity index is 743. The summed E-state index contributed by atoms with van der Waals surface area (Å²) >= 11 is 5.88. The highest BCUT2D eigenvalue weighted by Crippen LogP contribution is 2.25. The van der Waals surface area contributed by atoms with Gasteiger partial charge in [0.05, 0.1) is 14.9 Å². The molecule has 0 spiro atoms. The second-order valence-corrected chi connectivity index (χ2v) is 4.46. The lowest BCUT2D eigenvalue weighted by molar-refractivity contribution is -0.385. The molecule has 2 aromatic carbocycles. The summed E-state index contributed by atoms with van der Waals surface area (Å²) in [5.41, 5.74) is -0.288. The number of carbonyl (C=O) groups is 1. The van der Waals surface area contributed by atoms with E-state index in [0.29, 0.717) is 0 Å². The van der Waals surface area contributed by atoms with Gasteiger partial charge in [0.15, 0.2) is 5.78 Å². The van der Waals surface area contributed by atoms with Crippen LogP contribution in [-0.4, -0.2) is 15.6 Å². The normalized spacial score (nSPS) is 10.1. The highest BCUT2D eigenvalue weighted by Gasteiger charge is 2.18. The van der Waals surface area contributed by atoms with Gasteiger partial charge >= 0.3 is 0 Å². The summed E-state index contributed by atoms with van der Waals surface area (Å²) < 4.78 is 0. The summed E-state index contributed by atoms with van der Waals surface area (Å²) in [6.07, 6.45) is 0. The lowest BCUT2D eigenvalue weighted by Gasteiger charge is -2.03. The van der Waals surface area contributed by atoms with Crippen molar-refractivity contribution in [3.8, 4) is 0 Å². The van der Waals surface area contributed by atoms with Crippen molar-refractivity contribution < 1.29 is 14.6 Å². The number of ketones is 1. The Balaban J connectivity index is 2.41. The van der Waals surface area contributed by atoms with E-state index in [1.165, 1.54) is 36.4 Å². The molecule has 2 rings (SSSR count). The summed E-state index contributed by atoms with van der Waals surface area (Å²) in [7, 11) is 0. The van der Waals surface area contributed by atoms with Gasteiger partial charge in [0.25, 0.3) is 11.4 Å². The van der Waals surface area contributed by atoms with Crippen LogP contribution in [0.15, 0.2) is 42.5 Å². The zero-order chi connectivity index (χ0) is 15.6. The van der Waals surface area contributed by atoms with E-state index in [4.69, 9.17) is 11.6 Å². The van der Waals surface area contributed by atoms with Crippen LogP contribution >= 0.6 is 11.6 Å². The van der Waals surface area contributed by atoms with Gasteiger partial charge in [-0.3, -0.25) is 25.0 Å². The first-order chi connectivity index (χ1) is 9.90. The van der Waals surface area contributed by atoms with Crippen LogP contribution in [0.25, 0.3) is 0 Å². The first kappa shape index (κ1) is 14.6. The van der Waals surface area contributed by atoms with Crippen LogP contribution in [0.4, 0.5) is 11.4 Å². The molecular weight excluding hydrogens is 300 g/mol. The molecule has 0 heterocycles. The second kappa shape index (κ2) is 5.68. The van der Waals surface area contributed by atoms with Crippen LogP contribution in [0, 0.1) is 20.2 Å². The first-order valence-electron chi connectivity index (χ1n) is 5.63. The van der Waals surface area contributed by atoms with Crippen molar-refractivity contribution in [2.45, 2.75) is 0 Å². The third kappa shape index (κ3) is 3.03. The van der Waals surface area contributed by atoms with E-state index in [-0.39, 0.29) is 27.5 Å². The lowest BCUT2D eigenvalue weighted by Crippen LogP contribution is -2.03. The Morgan fingerprint density at radius 2 is 1.43 bits per heavy atom. The Morgan fingerprint density at radius 3 is 1.95 bits per heavy atom. The van der Waals surface area contributed by atoms with Gasteiger partial charge in [-0.2, -0.15) is 0 Å². The molecule has 21 heavy (non-hydrogen) atoms. The average molecular weight is 307 g/mol. The molecule has 0 aliphatic rings. The lowest BCUT2D eigenvalue weighted by atomic mass is 10.0. The highest BCUT2D eigenvalue weighted by atomic mass is 35.5. The topological polar surface area (TPSA) is 103 Å². The second-order valence-electron chi connectivity index (χ2n) is 4.05. The SMILES string of the molecule is O=C(c1ccc([N+](=O)[O-])cc1)c1cc([N+](=O)[O-])ccc1Cl. The molecule has 7 nitrogen and oxygen atoms in total. The molecule has 0 atom stereocenters. The number of nitrogens with zero attached hydrogens (tertiary/aromatic N) is 2. The van der Waals surface area contributed by atoms with Crippen molar-refractivity contribution in [2.75, 3.05) is 0 Å². The molecule has 0 aliphatic carbocycles. The van der Waals surface area contributed by atoms with Gasteiger partial charge in [-0.15, -0.1) is 0 Å². The molecule has 0 unspecified atom stereocenters. The average Bonchev–Trinajstić information content (AvgIpc) is 2.47. The number of carbonyl (C=O) groups excluding carboxylic acids is 1. The van der Waals surface area contributed by atoms with Crippen molar-refractivity contribution in [1.82, 2.24) is 0 Å². The molecule has 0 radical (unpaired) electrons. The van der Waals surface area contributed by atoms with E-state index in [0.717, 1.165) is 6.07 Å². The largest absolute Gasteiger partial charge is 0.289 e. The minimum atomic E-state index is -0.636. The van der Waals surface area contributed by atoms with Gasteiger partial charge < -0.3 is 0 Å². The number of halogens is 1. The Hall–Kier alpha value is -2.80. The monoisotopic (exact) mass is 306 g/mol. The number of non-ortho nitro benzene ring substituents is 2. The van der Waals surface area contributed by atoms with Crippen molar-refractivity contribution >= 4 is 28.8 Å². The summed E-state index contributed by atoms with van der Waals surface area (Å²) in [5, 5.41) is 21.3. The van der Waals surface area contributed by atoms with E-state index < -0.39 is 15.6 Å². The van der Waals surface area contributed by atoms with Crippen LogP contribution in [0.3, 0.4) is 0 Å². The number of rotatable bonds is 4. The maximum atomic E-state index is 12.2. The van der Waals surface area contributed by atoms with Crippen molar-refractivity contribution in [1.29, 1.82) is 0 Å². The van der Waals surface area contributed by atoms with E-state index in [9.17, 15) is 25.0 Å². The molecule has 0 fully saturated rings. The zero-order valence-corrected chi connectivity index (χ0v) is 11.1. The third-order valence-electron chi connectivity index (χ3n) is 2.75. The molecule has 2 aromatic rings. The fourth-order valence-corrected chi connectivity index (χ4v) is 1.89. The predicted molar refractivity (Wildman–Crippen MR) is 74.6 cm³/mol. The molecule has 0 saturated heterocycles. The molecule has 0 bridgehead atoms. The van der Waals surface area contributed by atoms with Crippen LogP contribution in [-0.2, 0) is 0 Å². The molecule has 0 aromatic heterocycles. The summed E-state index contributed by atoms with van der Waals surface area (Å²) in [5.74, 6) is -0.543. The highest BCUT2D eigenvalue weighted by molar-refractivity contribution is 6.35. The maximum Gasteiger partial charge on any atom is 0.270 e. The molecule has 0 N–H and O–H groups in total. The smallest absolute Gasteiger partial charge is 0.270 e. The molecular formula is C13H7ClN2O5. The maximum absolute atomic E-state index is 12.2. The Kier molecular flexibility index (Phi) is 3.95. The van der Waals surface area contributed by atoms with Gasteiger partial charge in [0.1, 0.15) is 0 Å². The summed E-state index contributed by atoms with van der Waals surface area (Å²) in [6, 6.07) is 8.43. The third-order valence-corrected chi connectivity index (χ3v) is 3.08. The van der Waals surface area contributed by atoms with Crippen LogP contribution in [0.1, 0.15) is 15.9 Å². The van der Waals surface area contributed by atoms with E-state index >= 15 is 0 Å². The quantitative estimate of drug-likeness (QED) is 0.489. The molecule has 0 aliphatic heterocycles. The molecule has 0 amide bonds. The number of benzene rings is 2. The fraction of sp³-hybridized carbons (Fsp3) is 0. The van der Waals surface area contributed by atoms with Crippen molar-refractivity contribution in [3.05, 3.63) is 78.8 Å². The summed E-state index contributed by atoms with van der Waals surface area (Å²) in [6.45, 7) is 0. The van der Waals surface area contributed by atoms with Crippen LogP contribution in [0.2, 0.25) is 5.02 Å². The number of nitro groups is 2. The molecule has 0 saturated carbocycles. The molecule has 8 heteroatoms. The molecule has 106 valence electrons. The van der Waals surface area contributed by atoms with Gasteiger partial charge in [0.2, 0.25) is 0 Å². The van der Waals surface area contributed by atoms with Crippen LogP contribution in [0.5, 0.6) is 0 Å². The first-order valence-corrected chi connectivity index (χ1v) is 6.01. The minimum absolute atomic E-state index is 0.0280. The number of hydrogen-bond donors (Lipinski definition) is 0. The summed E-state index contributed by atoms with van der Waals surface area (Å²) in [4.78, 5) is 32.3. The Labute approximate surface area is 123 Å². The van der Waals surface area contributed by atoms with E-state index in [1.807, 2.05) is 0 Å². The number of nitro benzene ring substituents is 2.